The Morgan fingerprint density at radius 2 is 1.94 bits per heavy atom. The van der Waals surface area contributed by atoms with Gasteiger partial charge in [0.2, 0.25) is 0 Å². The highest BCUT2D eigenvalue weighted by Crippen LogP contribution is 2.26. The molecule has 0 aliphatic carbocycles. The summed E-state index contributed by atoms with van der Waals surface area (Å²) in [5, 5.41) is 9.95. The van der Waals surface area contributed by atoms with Crippen LogP contribution in [0.1, 0.15) is 36.8 Å². The van der Waals surface area contributed by atoms with Crippen molar-refractivity contribution in [2.75, 3.05) is 0 Å². The molecular formula is C13H15NO2. The second-order valence-electron chi connectivity index (χ2n) is 5.04. The number of aromatic nitrogens is 1. The van der Waals surface area contributed by atoms with E-state index < -0.39 is 5.97 Å². The summed E-state index contributed by atoms with van der Waals surface area (Å²) < 4.78 is 0. The number of benzene rings is 1. The lowest BCUT2D eigenvalue weighted by atomic mass is 9.92. The Balaban J connectivity index is 2.59. The molecule has 1 aromatic carbocycles. The van der Waals surface area contributed by atoms with E-state index in [0.717, 1.165) is 16.6 Å². The van der Waals surface area contributed by atoms with Crippen molar-refractivity contribution in [3.8, 4) is 0 Å². The Hall–Kier alpha value is -1.77. The zero-order valence-electron chi connectivity index (χ0n) is 9.66. The molecule has 0 saturated heterocycles. The number of aromatic amines is 1. The number of nitrogens with one attached hydrogen (secondary N) is 1. The number of hydrogen-bond acceptors (Lipinski definition) is 1. The average Bonchev–Trinajstić information content (AvgIpc) is 2.58. The van der Waals surface area contributed by atoms with Crippen molar-refractivity contribution < 1.29 is 9.90 Å². The smallest absolute Gasteiger partial charge is 0.335 e. The summed E-state index contributed by atoms with van der Waals surface area (Å²) in [6, 6.07) is 7.21. The molecule has 16 heavy (non-hydrogen) atoms. The summed E-state index contributed by atoms with van der Waals surface area (Å²) in [6.07, 6.45) is 0. The second kappa shape index (κ2) is 3.37. The van der Waals surface area contributed by atoms with E-state index in [1.165, 1.54) is 0 Å². The lowest BCUT2D eigenvalue weighted by Gasteiger charge is -2.15. The monoisotopic (exact) mass is 217 g/mol. The summed E-state index contributed by atoms with van der Waals surface area (Å²) in [7, 11) is 0. The molecule has 0 atom stereocenters. The molecule has 1 aromatic heterocycles. The molecule has 1 heterocycles. The first kappa shape index (κ1) is 10.7. The van der Waals surface area contributed by atoms with Gasteiger partial charge in [0, 0.05) is 16.6 Å². The van der Waals surface area contributed by atoms with Gasteiger partial charge in [-0.3, -0.25) is 0 Å². The summed E-state index contributed by atoms with van der Waals surface area (Å²) in [4.78, 5) is 14.1. The number of rotatable bonds is 1. The van der Waals surface area contributed by atoms with Crippen LogP contribution in [0, 0.1) is 0 Å². The maximum Gasteiger partial charge on any atom is 0.335 e. The lowest BCUT2D eigenvalue weighted by molar-refractivity contribution is 0.0697. The number of carboxylic acid groups (broad SMARTS) is 1. The van der Waals surface area contributed by atoms with Gasteiger partial charge in [-0.2, -0.15) is 0 Å². The van der Waals surface area contributed by atoms with Crippen LogP contribution in [0.2, 0.25) is 0 Å². The molecule has 3 nitrogen and oxygen atoms in total. The topological polar surface area (TPSA) is 53.1 Å². The molecular weight excluding hydrogens is 202 g/mol. The SMILES string of the molecule is CC(C)(C)c1cc2ccc(C(=O)O)cc2[nH]1. The molecule has 0 aliphatic heterocycles. The molecule has 0 bridgehead atoms. The highest BCUT2D eigenvalue weighted by Gasteiger charge is 2.16. The van der Waals surface area contributed by atoms with Crippen LogP contribution in [0.15, 0.2) is 24.3 Å². The van der Waals surface area contributed by atoms with Crippen LogP contribution in [0.3, 0.4) is 0 Å². The normalized spacial score (nSPS) is 11.9. The molecule has 0 radical (unpaired) electrons. The molecule has 84 valence electrons. The fourth-order valence-electron chi connectivity index (χ4n) is 1.66. The van der Waals surface area contributed by atoms with E-state index in [9.17, 15) is 4.79 Å². The highest BCUT2D eigenvalue weighted by atomic mass is 16.4. The van der Waals surface area contributed by atoms with Crippen molar-refractivity contribution in [3.05, 3.63) is 35.5 Å². The molecule has 0 amide bonds. The third kappa shape index (κ3) is 1.81. The summed E-state index contributed by atoms with van der Waals surface area (Å²) >= 11 is 0. The van der Waals surface area contributed by atoms with Crippen LogP contribution >= 0.6 is 0 Å². The van der Waals surface area contributed by atoms with Gasteiger partial charge in [-0.25, -0.2) is 4.79 Å². The van der Waals surface area contributed by atoms with Gasteiger partial charge in [0.25, 0.3) is 0 Å². The lowest BCUT2D eigenvalue weighted by Crippen LogP contribution is -2.10. The fourth-order valence-corrected chi connectivity index (χ4v) is 1.66. The van der Waals surface area contributed by atoms with Gasteiger partial charge in [-0.1, -0.05) is 26.8 Å². The summed E-state index contributed by atoms with van der Waals surface area (Å²) in [5.74, 6) is -0.895. The standard InChI is InChI=1S/C13H15NO2/c1-13(2,3)11-7-8-4-5-9(12(15)16)6-10(8)14-11/h4-7,14H,1-3H3,(H,15,16). The van der Waals surface area contributed by atoms with Crippen molar-refractivity contribution in [3.63, 3.8) is 0 Å². The predicted octanol–water partition coefficient (Wildman–Crippen LogP) is 3.16. The van der Waals surface area contributed by atoms with Crippen LogP contribution in [0.4, 0.5) is 0 Å². The van der Waals surface area contributed by atoms with E-state index in [4.69, 9.17) is 5.11 Å². The highest BCUT2D eigenvalue weighted by molar-refractivity contribution is 5.93. The minimum atomic E-state index is -0.895. The second-order valence-corrected chi connectivity index (χ2v) is 5.04. The van der Waals surface area contributed by atoms with Crippen LogP contribution in [-0.2, 0) is 5.41 Å². The van der Waals surface area contributed by atoms with Crippen LogP contribution in [0.5, 0.6) is 0 Å². The number of hydrogen-bond donors (Lipinski definition) is 2. The van der Waals surface area contributed by atoms with Gasteiger partial charge in [-0.15, -0.1) is 0 Å². The number of fused-ring (bicyclic) bond motifs is 1. The molecule has 2 rings (SSSR count). The molecule has 3 heteroatoms. The molecule has 0 fully saturated rings. The van der Waals surface area contributed by atoms with Gasteiger partial charge in [0.05, 0.1) is 5.56 Å². The molecule has 2 aromatic rings. The maximum atomic E-state index is 10.8. The minimum Gasteiger partial charge on any atom is -0.478 e. The van der Waals surface area contributed by atoms with Gasteiger partial charge in [-0.05, 0) is 23.6 Å². The third-order valence-electron chi connectivity index (χ3n) is 2.68. The molecule has 0 saturated carbocycles. The first-order valence-electron chi connectivity index (χ1n) is 5.24. The number of H-pyrrole nitrogens is 1. The predicted molar refractivity (Wildman–Crippen MR) is 64.0 cm³/mol. The van der Waals surface area contributed by atoms with Crippen molar-refractivity contribution >= 4 is 16.9 Å². The van der Waals surface area contributed by atoms with Crippen LogP contribution in [0.25, 0.3) is 10.9 Å². The summed E-state index contributed by atoms with van der Waals surface area (Å²) in [5.41, 5.74) is 2.35. The number of carboxylic acids is 1. The van der Waals surface area contributed by atoms with E-state index >= 15 is 0 Å². The van der Waals surface area contributed by atoms with Crippen molar-refractivity contribution in [2.45, 2.75) is 26.2 Å². The average molecular weight is 217 g/mol. The third-order valence-corrected chi connectivity index (χ3v) is 2.68. The Morgan fingerprint density at radius 3 is 2.50 bits per heavy atom. The van der Waals surface area contributed by atoms with Crippen molar-refractivity contribution in [1.82, 2.24) is 4.98 Å². The first-order chi connectivity index (χ1) is 7.38. The van der Waals surface area contributed by atoms with Gasteiger partial charge in [0.1, 0.15) is 0 Å². The molecule has 0 aliphatic rings. The number of carbonyl (C=O) groups is 1. The Kier molecular flexibility index (Phi) is 2.26. The first-order valence-corrected chi connectivity index (χ1v) is 5.24. The van der Waals surface area contributed by atoms with E-state index in [1.807, 2.05) is 6.07 Å². The number of aromatic carboxylic acids is 1. The molecule has 2 N–H and O–H groups in total. The van der Waals surface area contributed by atoms with E-state index in [-0.39, 0.29) is 5.41 Å². The zero-order valence-corrected chi connectivity index (χ0v) is 9.66. The Bertz CT molecular complexity index is 547. The maximum absolute atomic E-state index is 10.8. The van der Waals surface area contributed by atoms with E-state index in [2.05, 4.69) is 31.8 Å². The summed E-state index contributed by atoms with van der Waals surface area (Å²) in [6.45, 7) is 6.36. The van der Waals surface area contributed by atoms with Crippen molar-refractivity contribution in [2.24, 2.45) is 0 Å². The van der Waals surface area contributed by atoms with Crippen LogP contribution in [-0.4, -0.2) is 16.1 Å². The largest absolute Gasteiger partial charge is 0.478 e. The van der Waals surface area contributed by atoms with Crippen molar-refractivity contribution in [1.29, 1.82) is 0 Å². The van der Waals surface area contributed by atoms with Gasteiger partial charge >= 0.3 is 5.97 Å². The van der Waals surface area contributed by atoms with Crippen LogP contribution < -0.4 is 0 Å². The molecule has 0 unspecified atom stereocenters. The Labute approximate surface area is 94.1 Å². The molecule has 0 spiro atoms. The Morgan fingerprint density at radius 1 is 1.25 bits per heavy atom. The van der Waals surface area contributed by atoms with Gasteiger partial charge < -0.3 is 10.1 Å². The zero-order chi connectivity index (χ0) is 11.9. The quantitative estimate of drug-likeness (QED) is 0.770. The van der Waals surface area contributed by atoms with E-state index in [0.29, 0.717) is 5.56 Å². The minimum absolute atomic E-state index is 0.0441. The van der Waals surface area contributed by atoms with Gasteiger partial charge in [0.15, 0.2) is 0 Å². The fraction of sp³-hybridized carbons (Fsp3) is 0.308. The van der Waals surface area contributed by atoms with E-state index in [1.54, 1.807) is 12.1 Å².